The molecule has 2 aromatic rings. The summed E-state index contributed by atoms with van der Waals surface area (Å²) in [6.07, 6.45) is 2.20. The van der Waals surface area contributed by atoms with Gasteiger partial charge in [-0.2, -0.15) is 10.4 Å². The maximum Gasteiger partial charge on any atom is 0.226 e. The van der Waals surface area contributed by atoms with Gasteiger partial charge in [0.05, 0.1) is 17.8 Å². The van der Waals surface area contributed by atoms with Gasteiger partial charge in [0.25, 0.3) is 0 Å². The number of benzene rings is 1. The highest BCUT2D eigenvalue weighted by molar-refractivity contribution is 5.94. The second kappa shape index (κ2) is 4.25. The molecular weight excluding hydrogens is 240 g/mol. The summed E-state index contributed by atoms with van der Waals surface area (Å²) < 4.78 is 1.67. The molecule has 0 fully saturated rings. The van der Waals surface area contributed by atoms with Gasteiger partial charge in [0.2, 0.25) is 5.91 Å². The number of carbonyl (C=O) groups excluding carboxylic acids is 1. The fourth-order valence-electron chi connectivity index (χ4n) is 2.43. The molecule has 1 aliphatic rings. The molecule has 2 heterocycles. The van der Waals surface area contributed by atoms with Gasteiger partial charge in [-0.3, -0.25) is 9.48 Å². The Morgan fingerprint density at radius 2 is 2.16 bits per heavy atom. The van der Waals surface area contributed by atoms with E-state index in [0.717, 1.165) is 16.9 Å². The van der Waals surface area contributed by atoms with E-state index in [2.05, 4.69) is 16.5 Å². The lowest BCUT2D eigenvalue weighted by atomic mass is 9.87. The van der Waals surface area contributed by atoms with Crippen molar-refractivity contribution in [1.82, 2.24) is 9.78 Å². The fraction of sp³-hybridized carbons (Fsp3) is 0.214. The summed E-state index contributed by atoms with van der Waals surface area (Å²) in [5, 5.41) is 15.8. The molecule has 0 spiro atoms. The first-order valence-corrected chi connectivity index (χ1v) is 6.01. The van der Waals surface area contributed by atoms with Crippen molar-refractivity contribution in [2.45, 2.75) is 12.3 Å². The number of nitriles is 1. The summed E-state index contributed by atoms with van der Waals surface area (Å²) in [5.74, 6) is 0.751. The van der Waals surface area contributed by atoms with Crippen LogP contribution in [0.1, 0.15) is 29.0 Å². The Hall–Kier alpha value is -2.61. The van der Waals surface area contributed by atoms with Crippen molar-refractivity contribution in [2.75, 3.05) is 5.32 Å². The zero-order valence-electron chi connectivity index (χ0n) is 10.4. The highest BCUT2D eigenvalue weighted by Gasteiger charge is 2.29. The number of aryl methyl sites for hydroxylation is 1. The number of rotatable bonds is 1. The number of amides is 1. The summed E-state index contributed by atoms with van der Waals surface area (Å²) in [7, 11) is 1.81. The minimum atomic E-state index is -0.00883. The van der Waals surface area contributed by atoms with E-state index in [1.807, 2.05) is 12.1 Å². The number of hydrogen-bond donors (Lipinski definition) is 1. The number of anilines is 1. The third-order valence-electron chi connectivity index (χ3n) is 3.43. The summed E-state index contributed by atoms with van der Waals surface area (Å²) in [6, 6.07) is 9.45. The molecule has 5 nitrogen and oxygen atoms in total. The normalized spacial score (nSPS) is 17.5. The van der Waals surface area contributed by atoms with Crippen LogP contribution in [0.2, 0.25) is 0 Å². The molecule has 1 atom stereocenters. The number of fused-ring (bicyclic) bond motifs is 1. The van der Waals surface area contributed by atoms with Gasteiger partial charge in [0.15, 0.2) is 0 Å². The molecule has 0 saturated carbocycles. The molecular formula is C14H12N4O. The van der Waals surface area contributed by atoms with E-state index in [1.165, 1.54) is 0 Å². The van der Waals surface area contributed by atoms with Gasteiger partial charge < -0.3 is 5.32 Å². The summed E-state index contributed by atoms with van der Waals surface area (Å²) >= 11 is 0. The van der Waals surface area contributed by atoms with Crippen molar-refractivity contribution in [3.05, 3.63) is 47.2 Å². The predicted octanol–water partition coefficient (Wildman–Crippen LogP) is 1.77. The van der Waals surface area contributed by atoms with Crippen LogP contribution in [-0.2, 0) is 11.8 Å². The number of nitrogens with zero attached hydrogens (tertiary/aromatic N) is 3. The fourth-order valence-corrected chi connectivity index (χ4v) is 2.43. The second-order valence-electron chi connectivity index (χ2n) is 4.61. The van der Waals surface area contributed by atoms with Gasteiger partial charge in [-0.25, -0.2) is 0 Å². The Morgan fingerprint density at radius 1 is 1.42 bits per heavy atom. The van der Waals surface area contributed by atoms with E-state index in [0.29, 0.717) is 12.0 Å². The SMILES string of the molecule is Cn1ncc2c1NC(=O)CC2c1ccc(C#N)cc1. The van der Waals surface area contributed by atoms with Crippen LogP contribution in [-0.4, -0.2) is 15.7 Å². The summed E-state index contributed by atoms with van der Waals surface area (Å²) in [4.78, 5) is 11.8. The molecule has 94 valence electrons. The molecule has 1 aliphatic heterocycles. The average molecular weight is 252 g/mol. The van der Waals surface area contributed by atoms with Crippen LogP contribution in [0.3, 0.4) is 0 Å². The molecule has 1 unspecified atom stereocenters. The average Bonchev–Trinajstić information content (AvgIpc) is 2.80. The molecule has 0 radical (unpaired) electrons. The lowest BCUT2D eigenvalue weighted by Gasteiger charge is -2.23. The van der Waals surface area contributed by atoms with E-state index in [4.69, 9.17) is 5.26 Å². The van der Waals surface area contributed by atoms with E-state index >= 15 is 0 Å². The van der Waals surface area contributed by atoms with Gasteiger partial charge in [0, 0.05) is 24.9 Å². The molecule has 1 aromatic carbocycles. The first kappa shape index (κ1) is 11.5. The Kier molecular flexibility index (Phi) is 2.57. The summed E-state index contributed by atoms with van der Waals surface area (Å²) in [5.41, 5.74) is 2.67. The first-order chi connectivity index (χ1) is 9.19. The number of hydrogen-bond acceptors (Lipinski definition) is 3. The van der Waals surface area contributed by atoms with Gasteiger partial charge in [-0.15, -0.1) is 0 Å². The number of nitrogens with one attached hydrogen (secondary N) is 1. The number of aromatic nitrogens is 2. The van der Waals surface area contributed by atoms with Crippen LogP contribution >= 0.6 is 0 Å². The van der Waals surface area contributed by atoms with Crippen LogP contribution in [0, 0.1) is 11.3 Å². The minimum Gasteiger partial charge on any atom is -0.311 e. The zero-order chi connectivity index (χ0) is 13.4. The van der Waals surface area contributed by atoms with Crippen molar-refractivity contribution in [3.63, 3.8) is 0 Å². The third kappa shape index (κ3) is 1.87. The molecule has 0 bridgehead atoms. The highest BCUT2D eigenvalue weighted by atomic mass is 16.1. The van der Waals surface area contributed by atoms with Crippen LogP contribution in [0.15, 0.2) is 30.5 Å². The van der Waals surface area contributed by atoms with Gasteiger partial charge in [-0.05, 0) is 17.7 Å². The minimum absolute atomic E-state index is 0.00481. The van der Waals surface area contributed by atoms with E-state index < -0.39 is 0 Å². The molecule has 1 amide bonds. The standard InChI is InChI=1S/C14H12N4O/c1-18-14-12(8-16-18)11(6-13(19)17-14)10-4-2-9(7-15)3-5-10/h2-5,8,11H,6H2,1H3,(H,17,19). The maximum atomic E-state index is 11.8. The third-order valence-corrected chi connectivity index (χ3v) is 3.43. The summed E-state index contributed by atoms with van der Waals surface area (Å²) in [6.45, 7) is 0. The van der Waals surface area contributed by atoms with Crippen molar-refractivity contribution < 1.29 is 4.79 Å². The van der Waals surface area contributed by atoms with Crippen molar-refractivity contribution in [2.24, 2.45) is 7.05 Å². The van der Waals surface area contributed by atoms with Crippen LogP contribution < -0.4 is 5.32 Å². The molecule has 19 heavy (non-hydrogen) atoms. The highest BCUT2D eigenvalue weighted by Crippen LogP contribution is 2.36. The molecule has 1 N–H and O–H groups in total. The van der Waals surface area contributed by atoms with Gasteiger partial charge in [-0.1, -0.05) is 12.1 Å². The first-order valence-electron chi connectivity index (χ1n) is 6.01. The molecule has 0 saturated heterocycles. The molecule has 1 aromatic heterocycles. The van der Waals surface area contributed by atoms with Crippen molar-refractivity contribution in [1.29, 1.82) is 5.26 Å². The van der Waals surface area contributed by atoms with Gasteiger partial charge in [0.1, 0.15) is 5.82 Å². The largest absolute Gasteiger partial charge is 0.311 e. The maximum absolute atomic E-state index is 11.8. The quantitative estimate of drug-likeness (QED) is 0.840. The molecule has 3 rings (SSSR count). The van der Waals surface area contributed by atoms with Crippen molar-refractivity contribution >= 4 is 11.7 Å². The van der Waals surface area contributed by atoms with Crippen LogP contribution in [0.4, 0.5) is 5.82 Å². The lowest BCUT2D eigenvalue weighted by Crippen LogP contribution is -2.24. The van der Waals surface area contributed by atoms with Gasteiger partial charge >= 0.3 is 0 Å². The Balaban J connectivity index is 2.05. The smallest absolute Gasteiger partial charge is 0.226 e. The Morgan fingerprint density at radius 3 is 2.84 bits per heavy atom. The monoisotopic (exact) mass is 252 g/mol. The topological polar surface area (TPSA) is 70.7 Å². The zero-order valence-corrected chi connectivity index (χ0v) is 10.4. The lowest BCUT2D eigenvalue weighted by molar-refractivity contribution is -0.116. The van der Waals surface area contributed by atoms with Crippen LogP contribution in [0.5, 0.6) is 0 Å². The van der Waals surface area contributed by atoms with E-state index in [9.17, 15) is 4.79 Å². The Labute approximate surface area is 110 Å². The molecule has 0 aliphatic carbocycles. The van der Waals surface area contributed by atoms with E-state index in [1.54, 1.807) is 30.1 Å². The van der Waals surface area contributed by atoms with Crippen LogP contribution in [0.25, 0.3) is 0 Å². The number of carbonyl (C=O) groups is 1. The van der Waals surface area contributed by atoms with Crippen molar-refractivity contribution in [3.8, 4) is 6.07 Å². The van der Waals surface area contributed by atoms with E-state index in [-0.39, 0.29) is 11.8 Å². The Bertz CT molecular complexity index is 678. The predicted molar refractivity (Wildman–Crippen MR) is 69.5 cm³/mol. The molecule has 5 heteroatoms. The second-order valence-corrected chi connectivity index (χ2v) is 4.61.